The highest BCUT2D eigenvalue weighted by Gasteiger charge is 2.13. The topological polar surface area (TPSA) is 87.7 Å². The molecule has 0 bridgehead atoms. The minimum Gasteiger partial charge on any atom is -0.306 e. The average Bonchev–Trinajstić information content (AvgIpc) is 3.00. The first-order chi connectivity index (χ1) is 10.6. The van der Waals surface area contributed by atoms with Crippen LogP contribution in [0.15, 0.2) is 46.8 Å². The van der Waals surface area contributed by atoms with E-state index in [1.807, 2.05) is 0 Å². The van der Waals surface area contributed by atoms with Gasteiger partial charge in [-0.2, -0.15) is 0 Å². The van der Waals surface area contributed by atoms with E-state index in [0.29, 0.717) is 21.5 Å². The number of aromatic nitrogens is 3. The van der Waals surface area contributed by atoms with Crippen LogP contribution in [0.3, 0.4) is 0 Å². The number of thiazole rings is 1. The summed E-state index contributed by atoms with van der Waals surface area (Å²) in [5.74, 6) is -0.182. The van der Waals surface area contributed by atoms with Crippen molar-refractivity contribution in [2.75, 3.05) is 5.32 Å². The average molecular weight is 333 g/mol. The minimum absolute atomic E-state index is 0.0760. The van der Waals surface area contributed by atoms with Gasteiger partial charge in [-0.05, 0) is 24.3 Å². The maximum Gasteiger partial charge on any atom is 0.264 e. The second kappa shape index (κ2) is 6.08. The van der Waals surface area contributed by atoms with Gasteiger partial charge < -0.3 is 4.98 Å². The summed E-state index contributed by atoms with van der Waals surface area (Å²) in [6.45, 7) is 0. The second-order valence-corrected chi connectivity index (χ2v) is 5.60. The first-order valence-corrected chi connectivity index (χ1v) is 7.45. The SMILES string of the molecule is O=C(Nc1nccs1)c1cnc(-c2ccc(Cl)cc2)[nH]c1=O. The number of hydrogen-bond acceptors (Lipinski definition) is 5. The van der Waals surface area contributed by atoms with Gasteiger partial charge in [0.15, 0.2) is 5.13 Å². The summed E-state index contributed by atoms with van der Waals surface area (Å²) < 4.78 is 0. The van der Waals surface area contributed by atoms with Crippen LogP contribution in [0.5, 0.6) is 0 Å². The van der Waals surface area contributed by atoms with Crippen LogP contribution in [0.25, 0.3) is 11.4 Å². The van der Waals surface area contributed by atoms with Crippen LogP contribution >= 0.6 is 22.9 Å². The van der Waals surface area contributed by atoms with Crippen molar-refractivity contribution in [3.8, 4) is 11.4 Å². The van der Waals surface area contributed by atoms with Crippen molar-refractivity contribution in [2.45, 2.75) is 0 Å². The van der Waals surface area contributed by atoms with Gasteiger partial charge in [0.1, 0.15) is 11.4 Å². The number of nitrogens with zero attached hydrogens (tertiary/aromatic N) is 2. The van der Waals surface area contributed by atoms with Crippen molar-refractivity contribution in [3.05, 3.63) is 63.0 Å². The molecule has 0 unspecified atom stereocenters. The highest BCUT2D eigenvalue weighted by atomic mass is 35.5. The summed E-state index contributed by atoms with van der Waals surface area (Å²) in [6.07, 6.45) is 2.80. The summed E-state index contributed by atoms with van der Waals surface area (Å²) in [5.41, 5.74) is 0.107. The summed E-state index contributed by atoms with van der Waals surface area (Å²) in [5, 5.41) is 5.27. The molecule has 3 aromatic rings. The van der Waals surface area contributed by atoms with E-state index in [2.05, 4.69) is 20.3 Å². The molecule has 8 heteroatoms. The lowest BCUT2D eigenvalue weighted by atomic mass is 10.2. The second-order valence-electron chi connectivity index (χ2n) is 4.27. The van der Waals surface area contributed by atoms with Gasteiger partial charge in [0.2, 0.25) is 0 Å². The molecule has 0 atom stereocenters. The minimum atomic E-state index is -0.550. The number of carbonyl (C=O) groups is 1. The zero-order valence-corrected chi connectivity index (χ0v) is 12.6. The van der Waals surface area contributed by atoms with Crippen molar-refractivity contribution < 1.29 is 4.79 Å². The molecule has 0 spiro atoms. The maximum atomic E-state index is 12.1. The fourth-order valence-electron chi connectivity index (χ4n) is 1.76. The van der Waals surface area contributed by atoms with E-state index in [1.54, 1.807) is 35.8 Å². The molecule has 0 aliphatic rings. The van der Waals surface area contributed by atoms with Crippen molar-refractivity contribution in [3.63, 3.8) is 0 Å². The number of rotatable bonds is 3. The first kappa shape index (κ1) is 14.4. The number of carbonyl (C=O) groups excluding carboxylic acids is 1. The Morgan fingerprint density at radius 3 is 2.64 bits per heavy atom. The molecule has 0 aliphatic heterocycles. The van der Waals surface area contributed by atoms with Gasteiger partial charge in [-0.15, -0.1) is 11.3 Å². The summed E-state index contributed by atoms with van der Waals surface area (Å²) in [4.78, 5) is 34.7. The third-order valence-corrected chi connectivity index (χ3v) is 3.75. The van der Waals surface area contributed by atoms with E-state index in [-0.39, 0.29) is 5.56 Å². The summed E-state index contributed by atoms with van der Waals surface area (Å²) >= 11 is 7.08. The highest BCUT2D eigenvalue weighted by Crippen LogP contribution is 2.17. The number of halogens is 1. The Hall–Kier alpha value is -2.51. The molecule has 0 radical (unpaired) electrons. The van der Waals surface area contributed by atoms with Crippen molar-refractivity contribution in [1.29, 1.82) is 0 Å². The van der Waals surface area contributed by atoms with Crippen molar-refractivity contribution >= 4 is 34.0 Å². The van der Waals surface area contributed by atoms with Crippen molar-refractivity contribution in [2.24, 2.45) is 0 Å². The molecule has 1 amide bonds. The van der Waals surface area contributed by atoms with E-state index < -0.39 is 11.5 Å². The van der Waals surface area contributed by atoms with Crippen LogP contribution in [0.4, 0.5) is 5.13 Å². The Balaban J connectivity index is 1.87. The normalized spacial score (nSPS) is 10.4. The summed E-state index contributed by atoms with van der Waals surface area (Å²) in [6, 6.07) is 6.85. The molecule has 0 fully saturated rings. The number of aromatic amines is 1. The smallest absolute Gasteiger partial charge is 0.264 e. The quantitative estimate of drug-likeness (QED) is 0.772. The number of nitrogens with one attached hydrogen (secondary N) is 2. The molecular formula is C14H9ClN4O2S. The first-order valence-electron chi connectivity index (χ1n) is 6.19. The highest BCUT2D eigenvalue weighted by molar-refractivity contribution is 7.13. The van der Waals surface area contributed by atoms with Crippen LogP contribution in [-0.2, 0) is 0 Å². The Kier molecular flexibility index (Phi) is 3.99. The fourth-order valence-corrected chi connectivity index (χ4v) is 2.41. The van der Waals surface area contributed by atoms with Gasteiger partial charge in [0.05, 0.1) is 0 Å². The summed E-state index contributed by atoms with van der Waals surface area (Å²) in [7, 11) is 0. The molecule has 0 aliphatic carbocycles. The van der Waals surface area contributed by atoms with Gasteiger partial charge in [-0.1, -0.05) is 11.6 Å². The zero-order valence-electron chi connectivity index (χ0n) is 11.0. The third-order valence-electron chi connectivity index (χ3n) is 2.81. The lowest BCUT2D eigenvalue weighted by molar-refractivity contribution is 0.102. The number of anilines is 1. The Morgan fingerprint density at radius 2 is 2.00 bits per heavy atom. The monoisotopic (exact) mass is 332 g/mol. The molecule has 110 valence electrons. The van der Waals surface area contributed by atoms with E-state index in [4.69, 9.17) is 11.6 Å². The fraction of sp³-hybridized carbons (Fsp3) is 0. The van der Waals surface area contributed by atoms with Crippen molar-refractivity contribution in [1.82, 2.24) is 15.0 Å². The molecule has 1 aromatic carbocycles. The van der Waals surface area contributed by atoms with E-state index in [1.165, 1.54) is 17.5 Å². The van der Waals surface area contributed by atoms with Gasteiger partial charge in [-0.3, -0.25) is 14.9 Å². The molecule has 2 heterocycles. The lowest BCUT2D eigenvalue weighted by Crippen LogP contribution is -2.24. The molecule has 2 N–H and O–H groups in total. The van der Waals surface area contributed by atoms with Gasteiger partial charge >= 0.3 is 0 Å². The van der Waals surface area contributed by atoms with E-state index in [9.17, 15) is 9.59 Å². The molecule has 0 saturated heterocycles. The molecule has 2 aromatic heterocycles. The number of amides is 1. The van der Waals surface area contributed by atoms with Crippen LogP contribution in [0.1, 0.15) is 10.4 Å². The molecule has 0 saturated carbocycles. The number of hydrogen-bond donors (Lipinski definition) is 2. The Morgan fingerprint density at radius 1 is 1.23 bits per heavy atom. The van der Waals surface area contributed by atoms with Crippen LogP contribution in [0.2, 0.25) is 5.02 Å². The van der Waals surface area contributed by atoms with Crippen LogP contribution in [0, 0.1) is 0 Å². The van der Waals surface area contributed by atoms with E-state index in [0.717, 1.165) is 0 Å². The maximum absolute atomic E-state index is 12.1. The van der Waals surface area contributed by atoms with E-state index >= 15 is 0 Å². The Labute approximate surface area is 133 Å². The van der Waals surface area contributed by atoms with Gasteiger partial charge in [0.25, 0.3) is 11.5 Å². The largest absolute Gasteiger partial charge is 0.306 e. The molecule has 3 rings (SSSR count). The Bertz CT molecular complexity index is 859. The van der Waals surface area contributed by atoms with Crippen LogP contribution in [-0.4, -0.2) is 20.9 Å². The molecular weight excluding hydrogens is 324 g/mol. The molecule has 22 heavy (non-hydrogen) atoms. The van der Waals surface area contributed by atoms with Crippen LogP contribution < -0.4 is 10.9 Å². The third kappa shape index (κ3) is 3.05. The predicted molar refractivity (Wildman–Crippen MR) is 85.4 cm³/mol. The lowest BCUT2D eigenvalue weighted by Gasteiger charge is -2.03. The zero-order chi connectivity index (χ0) is 15.5. The van der Waals surface area contributed by atoms with Gasteiger partial charge in [0, 0.05) is 28.4 Å². The standard InChI is InChI=1S/C14H9ClN4O2S/c15-9-3-1-8(2-4-9)11-17-7-10(12(20)18-11)13(21)19-14-16-5-6-22-14/h1-7H,(H,16,19,21)(H,17,18,20). The number of benzene rings is 1. The number of H-pyrrole nitrogens is 1. The molecule has 6 nitrogen and oxygen atoms in total. The predicted octanol–water partition coefficient (Wildman–Crippen LogP) is 2.80. The van der Waals surface area contributed by atoms with Gasteiger partial charge in [-0.25, -0.2) is 9.97 Å².